The van der Waals surface area contributed by atoms with Crippen molar-refractivity contribution in [2.24, 2.45) is 0 Å². The average Bonchev–Trinajstić information content (AvgIpc) is 2.77. The minimum absolute atomic E-state index is 0.673. The summed E-state index contributed by atoms with van der Waals surface area (Å²) in [5.41, 5.74) is 0. The molecule has 0 bridgehead atoms. The number of unbranched alkanes of at least 4 members (excludes halogenated alkanes) is 10. The van der Waals surface area contributed by atoms with E-state index in [2.05, 4.69) is 24.5 Å². The first-order chi connectivity index (χ1) is 14.9. The fourth-order valence-electron chi connectivity index (χ4n) is 3.47. The lowest BCUT2D eigenvalue weighted by atomic mass is 10.1. The molecule has 0 aromatic heterocycles. The second-order valence-electron chi connectivity index (χ2n) is 8.18. The fraction of sp³-hybridized carbons (Fsp3) is 0.769. The lowest BCUT2D eigenvalue weighted by Gasteiger charge is -2.13. The smallest absolute Gasteiger partial charge is 0.161 e. The number of nitrogens with one attached hydrogen (secondary N) is 2. The van der Waals surface area contributed by atoms with E-state index in [9.17, 15) is 0 Å². The molecule has 1 aromatic rings. The van der Waals surface area contributed by atoms with Crippen molar-refractivity contribution in [2.45, 2.75) is 90.9 Å². The zero-order valence-electron chi connectivity index (χ0n) is 19.9. The Balaban J connectivity index is 2.02. The molecule has 174 valence electrons. The molecule has 1 aromatic carbocycles. The number of ether oxygens (including phenoxy) is 2. The second-order valence-corrected chi connectivity index (χ2v) is 8.18. The summed E-state index contributed by atoms with van der Waals surface area (Å²) >= 11 is 0. The van der Waals surface area contributed by atoms with E-state index in [-0.39, 0.29) is 0 Å². The van der Waals surface area contributed by atoms with Crippen LogP contribution in [0.5, 0.6) is 11.5 Å². The third kappa shape index (κ3) is 15.6. The highest BCUT2D eigenvalue weighted by Crippen LogP contribution is 2.26. The number of rotatable bonds is 22. The van der Waals surface area contributed by atoms with Crippen molar-refractivity contribution in [1.29, 1.82) is 0 Å². The van der Waals surface area contributed by atoms with E-state index < -0.39 is 0 Å². The normalized spacial score (nSPS) is 11.0. The van der Waals surface area contributed by atoms with Crippen molar-refractivity contribution in [3.63, 3.8) is 0 Å². The van der Waals surface area contributed by atoms with Gasteiger partial charge in [-0.3, -0.25) is 0 Å². The lowest BCUT2D eigenvalue weighted by molar-refractivity contribution is 0.266. The molecule has 0 fully saturated rings. The molecule has 0 unspecified atom stereocenters. The van der Waals surface area contributed by atoms with Crippen LogP contribution in [0.1, 0.15) is 90.9 Å². The van der Waals surface area contributed by atoms with Crippen LogP contribution >= 0.6 is 0 Å². The molecule has 0 spiro atoms. The van der Waals surface area contributed by atoms with Gasteiger partial charge in [-0.25, -0.2) is 0 Å². The number of hydrogen-bond acceptors (Lipinski definition) is 4. The van der Waals surface area contributed by atoms with E-state index in [0.29, 0.717) is 13.2 Å². The van der Waals surface area contributed by atoms with Gasteiger partial charge in [-0.05, 0) is 38.1 Å². The Morgan fingerprint density at radius 1 is 0.533 bits per heavy atom. The molecule has 1 rings (SSSR count). The van der Waals surface area contributed by atoms with Crippen molar-refractivity contribution in [1.82, 2.24) is 10.6 Å². The van der Waals surface area contributed by atoms with E-state index in [4.69, 9.17) is 9.47 Å². The number of para-hydroxylation sites is 2. The molecule has 30 heavy (non-hydrogen) atoms. The molecule has 0 radical (unpaired) electrons. The van der Waals surface area contributed by atoms with Crippen LogP contribution in [-0.2, 0) is 0 Å². The summed E-state index contributed by atoms with van der Waals surface area (Å²) in [7, 11) is 0. The van der Waals surface area contributed by atoms with Gasteiger partial charge in [0.2, 0.25) is 0 Å². The van der Waals surface area contributed by atoms with Gasteiger partial charge in [-0.1, -0.05) is 90.2 Å². The van der Waals surface area contributed by atoms with Gasteiger partial charge in [0, 0.05) is 13.1 Å². The number of hydrogen-bond donors (Lipinski definition) is 2. The molecule has 0 saturated carbocycles. The highest BCUT2D eigenvalue weighted by atomic mass is 16.5. The predicted molar refractivity (Wildman–Crippen MR) is 130 cm³/mol. The molecule has 4 heteroatoms. The predicted octanol–water partition coefficient (Wildman–Crippen LogP) is 6.34. The monoisotopic (exact) mass is 420 g/mol. The molecule has 0 amide bonds. The first-order valence-electron chi connectivity index (χ1n) is 12.6. The van der Waals surface area contributed by atoms with Crippen molar-refractivity contribution in [3.8, 4) is 11.5 Å². The van der Waals surface area contributed by atoms with Crippen molar-refractivity contribution < 1.29 is 9.47 Å². The zero-order chi connectivity index (χ0) is 21.5. The Kier molecular flexibility index (Phi) is 18.7. The molecular formula is C26H48N2O2. The third-order valence-electron chi connectivity index (χ3n) is 5.34. The van der Waals surface area contributed by atoms with Crippen molar-refractivity contribution in [3.05, 3.63) is 24.3 Å². The Hall–Kier alpha value is -1.26. The minimum atomic E-state index is 0.673. The summed E-state index contributed by atoms with van der Waals surface area (Å²) in [5.74, 6) is 1.68. The maximum absolute atomic E-state index is 5.93. The summed E-state index contributed by atoms with van der Waals surface area (Å²) in [4.78, 5) is 0. The Morgan fingerprint density at radius 2 is 0.933 bits per heavy atom. The maximum atomic E-state index is 5.93. The second kappa shape index (κ2) is 21.0. The summed E-state index contributed by atoms with van der Waals surface area (Å²) in [6.07, 6.45) is 16.0. The Labute approximate surface area is 186 Å². The molecule has 0 aliphatic rings. The first-order valence-corrected chi connectivity index (χ1v) is 12.6. The van der Waals surface area contributed by atoms with E-state index in [1.807, 2.05) is 24.3 Å². The fourth-order valence-corrected chi connectivity index (χ4v) is 3.47. The molecule has 0 saturated heterocycles. The van der Waals surface area contributed by atoms with E-state index >= 15 is 0 Å². The third-order valence-corrected chi connectivity index (χ3v) is 5.34. The van der Waals surface area contributed by atoms with Crippen LogP contribution in [0.15, 0.2) is 24.3 Å². The van der Waals surface area contributed by atoms with Gasteiger partial charge in [-0.15, -0.1) is 0 Å². The van der Waals surface area contributed by atoms with Crippen molar-refractivity contribution >= 4 is 0 Å². The Morgan fingerprint density at radius 3 is 1.37 bits per heavy atom. The standard InChI is InChI=1S/C26H48N2O2/c1-3-5-7-9-11-15-19-27-21-23-29-25-17-13-14-18-26(25)30-24-22-28-20-16-12-10-8-6-4-2/h13-14,17-18,27-28H,3-12,15-16,19-24H2,1-2H3. The summed E-state index contributed by atoms with van der Waals surface area (Å²) in [6.45, 7) is 9.79. The van der Waals surface area contributed by atoms with Crippen LogP contribution in [0, 0.1) is 0 Å². The minimum Gasteiger partial charge on any atom is -0.488 e. The van der Waals surface area contributed by atoms with Gasteiger partial charge in [0.05, 0.1) is 0 Å². The largest absolute Gasteiger partial charge is 0.488 e. The van der Waals surface area contributed by atoms with Crippen LogP contribution in [0.3, 0.4) is 0 Å². The molecule has 2 N–H and O–H groups in total. The summed E-state index contributed by atoms with van der Waals surface area (Å²) in [5, 5.41) is 6.96. The molecule has 0 aliphatic heterocycles. The quantitative estimate of drug-likeness (QED) is 0.215. The number of benzene rings is 1. The molecule has 0 atom stereocenters. The van der Waals surface area contributed by atoms with Gasteiger partial charge >= 0.3 is 0 Å². The highest BCUT2D eigenvalue weighted by Gasteiger charge is 2.04. The maximum Gasteiger partial charge on any atom is 0.161 e. The summed E-state index contributed by atoms with van der Waals surface area (Å²) in [6, 6.07) is 7.99. The van der Waals surface area contributed by atoms with E-state index in [0.717, 1.165) is 37.7 Å². The van der Waals surface area contributed by atoms with Gasteiger partial charge in [0.1, 0.15) is 13.2 Å². The SMILES string of the molecule is CCCCCCCCNCCOc1ccccc1OCCNCCCCCCCC. The van der Waals surface area contributed by atoms with Crippen LogP contribution in [0.4, 0.5) is 0 Å². The molecular weight excluding hydrogens is 372 g/mol. The highest BCUT2D eigenvalue weighted by molar-refractivity contribution is 5.39. The van der Waals surface area contributed by atoms with Crippen LogP contribution in [0.25, 0.3) is 0 Å². The topological polar surface area (TPSA) is 42.5 Å². The van der Waals surface area contributed by atoms with E-state index in [1.165, 1.54) is 77.0 Å². The molecule has 0 aliphatic carbocycles. The zero-order valence-corrected chi connectivity index (χ0v) is 19.9. The van der Waals surface area contributed by atoms with Gasteiger partial charge in [0.15, 0.2) is 11.5 Å². The molecule has 0 heterocycles. The van der Waals surface area contributed by atoms with Crippen molar-refractivity contribution in [2.75, 3.05) is 39.4 Å². The molecule has 4 nitrogen and oxygen atoms in total. The average molecular weight is 421 g/mol. The van der Waals surface area contributed by atoms with Gasteiger partial charge in [0.25, 0.3) is 0 Å². The van der Waals surface area contributed by atoms with Gasteiger partial charge < -0.3 is 20.1 Å². The first kappa shape index (κ1) is 26.8. The van der Waals surface area contributed by atoms with E-state index in [1.54, 1.807) is 0 Å². The van der Waals surface area contributed by atoms with Gasteiger partial charge in [-0.2, -0.15) is 0 Å². The summed E-state index contributed by atoms with van der Waals surface area (Å²) < 4.78 is 11.9. The van der Waals surface area contributed by atoms with Crippen LogP contribution in [0.2, 0.25) is 0 Å². The lowest BCUT2D eigenvalue weighted by Crippen LogP contribution is -2.23. The van der Waals surface area contributed by atoms with Crippen LogP contribution in [-0.4, -0.2) is 39.4 Å². The van der Waals surface area contributed by atoms with Crippen LogP contribution < -0.4 is 20.1 Å². The Bertz CT molecular complexity index is 439.